The van der Waals surface area contributed by atoms with Crippen LogP contribution in [0.15, 0.2) is 18.7 Å². The van der Waals surface area contributed by atoms with Gasteiger partial charge in [0.2, 0.25) is 0 Å². The van der Waals surface area contributed by atoms with Gasteiger partial charge in [-0.05, 0) is 12.8 Å². The molecule has 2 aromatic rings. The highest BCUT2D eigenvalue weighted by Gasteiger charge is 2.38. The van der Waals surface area contributed by atoms with Gasteiger partial charge in [-0.15, -0.1) is 5.10 Å². The molecule has 1 N–H and O–H groups in total. The van der Waals surface area contributed by atoms with Crippen molar-refractivity contribution in [2.24, 2.45) is 0 Å². The average Bonchev–Trinajstić information content (AvgIpc) is 3.09. The van der Waals surface area contributed by atoms with E-state index in [1.807, 2.05) is 6.92 Å². The van der Waals surface area contributed by atoms with Crippen molar-refractivity contribution in [3.05, 3.63) is 30.2 Å². The lowest BCUT2D eigenvalue weighted by molar-refractivity contribution is 0.0408. The molecule has 112 valence electrons. The predicted octanol–water partition coefficient (Wildman–Crippen LogP) is 0.411. The zero-order valence-corrected chi connectivity index (χ0v) is 11.8. The lowest BCUT2D eigenvalue weighted by Gasteiger charge is -2.23. The summed E-state index contributed by atoms with van der Waals surface area (Å²) < 4.78 is 15.9. The van der Waals surface area contributed by atoms with E-state index >= 15 is 0 Å². The molecule has 1 aliphatic rings. The van der Waals surface area contributed by atoms with Crippen molar-refractivity contribution in [2.45, 2.75) is 31.9 Å². The molecule has 1 aliphatic heterocycles. The van der Waals surface area contributed by atoms with Crippen LogP contribution in [0, 0.1) is 5.82 Å². The molecule has 0 bridgehead atoms. The quantitative estimate of drug-likeness (QED) is 0.879. The number of hydrogen-bond acceptors (Lipinski definition) is 6. The van der Waals surface area contributed by atoms with Crippen LogP contribution in [0.2, 0.25) is 0 Å². The molecule has 1 saturated heterocycles. The van der Waals surface area contributed by atoms with Crippen LogP contribution in [-0.2, 0) is 13.0 Å². The lowest BCUT2D eigenvalue weighted by Crippen LogP contribution is -2.38. The fourth-order valence-corrected chi connectivity index (χ4v) is 2.65. The molecule has 1 unspecified atom stereocenters. The fraction of sp³-hybridized carbons (Fsp3) is 0.538. The normalized spacial score (nSPS) is 22.0. The molecule has 3 rings (SSSR count). The van der Waals surface area contributed by atoms with E-state index in [2.05, 4.69) is 20.3 Å². The molecule has 1 atom stereocenters. The largest absolute Gasteiger partial charge is 0.386 e. The van der Waals surface area contributed by atoms with Crippen LogP contribution >= 0.6 is 0 Å². The van der Waals surface area contributed by atoms with E-state index in [0.717, 1.165) is 0 Å². The van der Waals surface area contributed by atoms with E-state index in [1.54, 1.807) is 22.0 Å². The molecule has 2 aromatic heterocycles. The van der Waals surface area contributed by atoms with Crippen molar-refractivity contribution in [3.63, 3.8) is 0 Å². The zero-order valence-electron chi connectivity index (χ0n) is 11.8. The summed E-state index contributed by atoms with van der Waals surface area (Å²) in [6, 6.07) is 0. The first kappa shape index (κ1) is 13.9. The monoisotopic (exact) mass is 292 g/mol. The highest BCUT2D eigenvalue weighted by Crippen LogP contribution is 2.28. The lowest BCUT2D eigenvalue weighted by atomic mass is 10.0. The van der Waals surface area contributed by atoms with Crippen LogP contribution in [0.25, 0.3) is 0 Å². The number of β-amino-alcohol motifs (C(OH)–C–C–N with tert-alkyl or cyclic N) is 1. The van der Waals surface area contributed by atoms with Gasteiger partial charge >= 0.3 is 0 Å². The number of rotatable bonds is 4. The Labute approximate surface area is 121 Å². The van der Waals surface area contributed by atoms with E-state index in [9.17, 15) is 9.50 Å². The molecule has 1 fully saturated rings. The average molecular weight is 292 g/mol. The number of nitrogens with zero attached hydrogens (tertiary/aromatic N) is 6. The second kappa shape index (κ2) is 5.36. The minimum atomic E-state index is -0.961. The molecular formula is C13H17FN6O. The van der Waals surface area contributed by atoms with Gasteiger partial charge in [0.1, 0.15) is 11.9 Å². The molecule has 8 heteroatoms. The third kappa shape index (κ3) is 2.71. The maximum atomic E-state index is 14.3. The maximum Gasteiger partial charge on any atom is 0.187 e. The molecule has 0 aromatic carbocycles. The van der Waals surface area contributed by atoms with Crippen molar-refractivity contribution in [2.75, 3.05) is 18.0 Å². The summed E-state index contributed by atoms with van der Waals surface area (Å²) in [5.41, 5.74) is -0.566. The summed E-state index contributed by atoms with van der Waals surface area (Å²) in [5, 5.41) is 18.2. The Morgan fingerprint density at radius 1 is 1.43 bits per heavy atom. The molecule has 3 heterocycles. The second-order valence-corrected chi connectivity index (χ2v) is 5.31. The third-order valence-electron chi connectivity index (χ3n) is 3.74. The van der Waals surface area contributed by atoms with Gasteiger partial charge in [0.05, 0.1) is 25.0 Å². The molecule has 0 spiro atoms. The summed E-state index contributed by atoms with van der Waals surface area (Å²) in [6.45, 7) is 3.03. The maximum absolute atomic E-state index is 14.3. The number of aromatic nitrogens is 5. The molecule has 0 amide bonds. The van der Waals surface area contributed by atoms with Crippen LogP contribution in [0.4, 0.5) is 10.2 Å². The van der Waals surface area contributed by atoms with Gasteiger partial charge in [0.15, 0.2) is 11.6 Å². The van der Waals surface area contributed by atoms with Crippen LogP contribution in [-0.4, -0.2) is 48.8 Å². The van der Waals surface area contributed by atoms with Crippen LogP contribution in [0.1, 0.15) is 19.0 Å². The second-order valence-electron chi connectivity index (χ2n) is 5.31. The molecule has 21 heavy (non-hydrogen) atoms. The smallest absolute Gasteiger partial charge is 0.187 e. The van der Waals surface area contributed by atoms with E-state index in [-0.39, 0.29) is 5.82 Å². The third-order valence-corrected chi connectivity index (χ3v) is 3.74. The fourth-order valence-electron chi connectivity index (χ4n) is 2.65. The molecule has 0 radical (unpaired) electrons. The van der Waals surface area contributed by atoms with Gasteiger partial charge in [-0.2, -0.15) is 0 Å². The summed E-state index contributed by atoms with van der Waals surface area (Å²) in [5.74, 6) is -0.138. The Morgan fingerprint density at radius 3 is 3.00 bits per heavy atom. The first-order valence-corrected chi connectivity index (χ1v) is 6.92. The SMILES string of the molecule is CCc1ncnc(N2CCC(O)(Cn3ccnn3)C2)c1F. The Kier molecular flexibility index (Phi) is 3.54. The van der Waals surface area contributed by atoms with Crippen molar-refractivity contribution in [3.8, 4) is 0 Å². The van der Waals surface area contributed by atoms with Gasteiger partial charge in [0.25, 0.3) is 0 Å². The minimum Gasteiger partial charge on any atom is -0.386 e. The predicted molar refractivity (Wildman–Crippen MR) is 73.2 cm³/mol. The summed E-state index contributed by atoms with van der Waals surface area (Å²) in [7, 11) is 0. The Hall–Kier alpha value is -2.09. The van der Waals surface area contributed by atoms with Crippen molar-refractivity contribution < 1.29 is 9.50 Å². The van der Waals surface area contributed by atoms with Crippen LogP contribution < -0.4 is 4.90 Å². The first-order chi connectivity index (χ1) is 10.1. The number of halogens is 1. The van der Waals surface area contributed by atoms with Gasteiger partial charge in [0, 0.05) is 12.7 Å². The first-order valence-electron chi connectivity index (χ1n) is 6.92. The zero-order chi connectivity index (χ0) is 14.9. The number of aryl methyl sites for hydroxylation is 1. The Bertz CT molecular complexity index is 619. The van der Waals surface area contributed by atoms with Crippen molar-refractivity contribution >= 4 is 5.82 Å². The van der Waals surface area contributed by atoms with Gasteiger partial charge in [-0.1, -0.05) is 12.1 Å². The highest BCUT2D eigenvalue weighted by molar-refractivity contribution is 5.43. The molecule has 0 saturated carbocycles. The number of hydrogen-bond donors (Lipinski definition) is 1. The number of anilines is 1. The summed E-state index contributed by atoms with van der Waals surface area (Å²) in [6.07, 6.45) is 5.66. The molecule has 0 aliphatic carbocycles. The standard InChI is InChI=1S/C13H17FN6O/c1-2-10-11(14)12(16-9-15-10)19-5-3-13(21,7-19)8-20-6-4-17-18-20/h4,6,9,21H,2-3,5,7-8H2,1H3. The van der Waals surface area contributed by atoms with E-state index in [0.29, 0.717) is 38.2 Å². The van der Waals surface area contributed by atoms with Crippen molar-refractivity contribution in [1.29, 1.82) is 0 Å². The van der Waals surface area contributed by atoms with Gasteiger partial charge in [-0.3, -0.25) is 0 Å². The molecule has 7 nitrogen and oxygen atoms in total. The summed E-state index contributed by atoms with van der Waals surface area (Å²) in [4.78, 5) is 9.71. The van der Waals surface area contributed by atoms with E-state index < -0.39 is 11.4 Å². The van der Waals surface area contributed by atoms with E-state index in [1.165, 1.54) is 6.33 Å². The van der Waals surface area contributed by atoms with Gasteiger partial charge in [-0.25, -0.2) is 19.0 Å². The summed E-state index contributed by atoms with van der Waals surface area (Å²) >= 11 is 0. The van der Waals surface area contributed by atoms with E-state index in [4.69, 9.17) is 0 Å². The van der Waals surface area contributed by atoms with Crippen LogP contribution in [0.3, 0.4) is 0 Å². The van der Waals surface area contributed by atoms with Crippen LogP contribution in [0.5, 0.6) is 0 Å². The molecular weight excluding hydrogens is 275 g/mol. The van der Waals surface area contributed by atoms with Gasteiger partial charge < -0.3 is 10.0 Å². The van der Waals surface area contributed by atoms with Crippen molar-refractivity contribution in [1.82, 2.24) is 25.0 Å². The Morgan fingerprint density at radius 2 is 2.29 bits per heavy atom. The minimum absolute atomic E-state index is 0.261. The highest BCUT2D eigenvalue weighted by atomic mass is 19.1. The number of aliphatic hydroxyl groups is 1. The topological polar surface area (TPSA) is 80.0 Å². The Balaban J connectivity index is 1.78.